The Kier molecular flexibility index (Phi) is 2.62. The van der Waals surface area contributed by atoms with Gasteiger partial charge in [0.15, 0.2) is 0 Å². The summed E-state index contributed by atoms with van der Waals surface area (Å²) in [4.78, 5) is 11.4. The molecule has 1 rings (SSSR count). The quantitative estimate of drug-likeness (QED) is 0.617. The molecular weight excluding hydrogens is 211 g/mol. The Morgan fingerprint density at radius 2 is 2.17 bits per heavy atom. The van der Waals surface area contributed by atoms with Gasteiger partial charge in [-0.15, -0.1) is 0 Å². The minimum absolute atomic E-state index is 0.0114. The summed E-state index contributed by atoms with van der Waals surface area (Å²) in [5.41, 5.74) is 0. The monoisotopic (exact) mass is 215 g/mol. The van der Waals surface area contributed by atoms with Crippen LogP contribution in [0.3, 0.4) is 0 Å². The van der Waals surface area contributed by atoms with Crippen molar-refractivity contribution in [3.8, 4) is 0 Å². The Morgan fingerprint density at radius 3 is 2.50 bits per heavy atom. The Hall–Kier alpha value is -0.300. The van der Waals surface area contributed by atoms with Gasteiger partial charge in [-0.25, -0.2) is 0 Å². The molecule has 0 N–H and O–H groups in total. The number of rotatable bonds is 1. The predicted molar refractivity (Wildman–Crippen MR) is 42.8 cm³/mol. The average molecular weight is 215 g/mol. The first-order valence-electron chi connectivity index (χ1n) is 2.94. The third kappa shape index (κ3) is 2.34. The van der Waals surface area contributed by atoms with E-state index in [9.17, 15) is 18.0 Å². The Labute approximate surface area is 76.1 Å². The van der Waals surface area contributed by atoms with Crippen LogP contribution in [0.1, 0.15) is 0 Å². The summed E-state index contributed by atoms with van der Waals surface area (Å²) in [7, 11) is 0. The van der Waals surface area contributed by atoms with Gasteiger partial charge in [0.1, 0.15) is 10.9 Å². The molecule has 0 aromatic rings. The summed E-state index contributed by atoms with van der Waals surface area (Å²) in [6.45, 7) is -1.27. The molecule has 1 aliphatic rings. The highest BCUT2D eigenvalue weighted by molar-refractivity contribution is 8.23. The molecule has 1 saturated heterocycles. The van der Waals surface area contributed by atoms with Crippen molar-refractivity contribution in [2.45, 2.75) is 6.18 Å². The highest BCUT2D eigenvalue weighted by atomic mass is 32.2. The summed E-state index contributed by atoms with van der Waals surface area (Å²) in [5, 5.41) is 0. The fourth-order valence-corrected chi connectivity index (χ4v) is 1.78. The molecule has 7 heteroatoms. The molecule has 0 saturated carbocycles. The fraction of sp³-hybridized carbons (Fsp3) is 0.600. The van der Waals surface area contributed by atoms with Crippen LogP contribution < -0.4 is 0 Å². The number of hydrogen-bond acceptors (Lipinski definition) is 3. The number of carbonyl (C=O) groups excluding carboxylic acids is 1. The van der Waals surface area contributed by atoms with Crippen LogP contribution in [0, 0.1) is 0 Å². The zero-order chi connectivity index (χ0) is 9.35. The molecule has 0 bridgehead atoms. The lowest BCUT2D eigenvalue weighted by Crippen LogP contribution is -2.37. The lowest BCUT2D eigenvalue weighted by atomic mass is 10.5. The normalized spacial score (nSPS) is 19.1. The molecule has 1 heterocycles. The molecule has 12 heavy (non-hydrogen) atoms. The average Bonchev–Trinajstić information content (AvgIpc) is 2.16. The number of hydrogen-bond donors (Lipinski definition) is 0. The largest absolute Gasteiger partial charge is 0.406 e. The lowest BCUT2D eigenvalue weighted by molar-refractivity contribution is -0.150. The topological polar surface area (TPSA) is 20.3 Å². The molecule has 0 spiro atoms. The van der Waals surface area contributed by atoms with Gasteiger partial charge in [-0.1, -0.05) is 24.0 Å². The molecule has 0 unspecified atom stereocenters. The van der Waals surface area contributed by atoms with Crippen molar-refractivity contribution in [2.75, 3.05) is 12.3 Å². The first kappa shape index (κ1) is 9.79. The van der Waals surface area contributed by atoms with Crippen LogP contribution in [0.4, 0.5) is 13.2 Å². The lowest BCUT2D eigenvalue weighted by Gasteiger charge is -2.16. The molecule has 1 fully saturated rings. The van der Waals surface area contributed by atoms with Crippen LogP contribution in [0.25, 0.3) is 0 Å². The van der Waals surface area contributed by atoms with Crippen molar-refractivity contribution in [1.82, 2.24) is 4.90 Å². The van der Waals surface area contributed by atoms with Crippen LogP contribution in [0.2, 0.25) is 0 Å². The maximum absolute atomic E-state index is 11.8. The third-order valence-electron chi connectivity index (χ3n) is 1.18. The van der Waals surface area contributed by atoms with E-state index in [1.54, 1.807) is 0 Å². The number of amides is 1. The van der Waals surface area contributed by atoms with E-state index >= 15 is 0 Å². The molecule has 0 aliphatic carbocycles. The van der Waals surface area contributed by atoms with E-state index in [2.05, 4.69) is 12.2 Å². The highest BCUT2D eigenvalue weighted by Crippen LogP contribution is 2.24. The smallest absolute Gasteiger partial charge is 0.288 e. The first-order valence-corrected chi connectivity index (χ1v) is 4.33. The van der Waals surface area contributed by atoms with Gasteiger partial charge >= 0.3 is 6.18 Å². The van der Waals surface area contributed by atoms with E-state index in [0.29, 0.717) is 4.90 Å². The van der Waals surface area contributed by atoms with Crippen molar-refractivity contribution in [3.05, 3.63) is 0 Å². The summed E-state index contributed by atoms with van der Waals surface area (Å²) >= 11 is 5.52. The second-order valence-corrected chi connectivity index (χ2v) is 3.76. The standard InChI is InChI=1S/C5H4F3NOS2/c6-5(7,8)2-9-3(10)1-12-4(9)11/h1-2H2. The number of halogens is 3. The van der Waals surface area contributed by atoms with E-state index in [4.69, 9.17) is 0 Å². The molecule has 2 nitrogen and oxygen atoms in total. The van der Waals surface area contributed by atoms with Crippen LogP contribution in [-0.4, -0.2) is 33.6 Å². The number of alkyl halides is 3. The highest BCUT2D eigenvalue weighted by Gasteiger charge is 2.37. The fourth-order valence-electron chi connectivity index (χ4n) is 0.713. The van der Waals surface area contributed by atoms with E-state index in [1.807, 2.05) is 0 Å². The van der Waals surface area contributed by atoms with E-state index in [-0.39, 0.29) is 10.1 Å². The van der Waals surface area contributed by atoms with Crippen LogP contribution in [-0.2, 0) is 4.79 Å². The number of carbonyl (C=O) groups is 1. The van der Waals surface area contributed by atoms with Crippen molar-refractivity contribution in [1.29, 1.82) is 0 Å². The van der Waals surface area contributed by atoms with Gasteiger partial charge in [0.25, 0.3) is 0 Å². The van der Waals surface area contributed by atoms with Crippen molar-refractivity contribution in [3.63, 3.8) is 0 Å². The number of nitrogens with zero attached hydrogens (tertiary/aromatic N) is 1. The van der Waals surface area contributed by atoms with Crippen LogP contribution in [0.5, 0.6) is 0 Å². The second-order valence-electron chi connectivity index (χ2n) is 2.15. The number of thiocarbonyl (C=S) groups is 1. The predicted octanol–water partition coefficient (Wildman–Crippen LogP) is 1.41. The molecule has 0 aromatic heterocycles. The van der Waals surface area contributed by atoms with E-state index in [1.165, 1.54) is 0 Å². The first-order chi connectivity index (χ1) is 5.40. The molecular formula is C5H4F3NOS2. The van der Waals surface area contributed by atoms with Crippen LogP contribution in [0.15, 0.2) is 0 Å². The van der Waals surface area contributed by atoms with Crippen molar-refractivity contribution < 1.29 is 18.0 Å². The van der Waals surface area contributed by atoms with E-state index in [0.717, 1.165) is 11.8 Å². The summed E-state index contributed by atoms with van der Waals surface area (Å²) < 4.78 is 35.4. The number of thioether (sulfide) groups is 1. The molecule has 1 amide bonds. The zero-order valence-electron chi connectivity index (χ0n) is 5.72. The van der Waals surface area contributed by atoms with Gasteiger partial charge in [-0.3, -0.25) is 9.69 Å². The SMILES string of the molecule is O=C1CSC(=S)N1CC(F)(F)F. The van der Waals surface area contributed by atoms with Gasteiger partial charge in [-0.05, 0) is 0 Å². The van der Waals surface area contributed by atoms with Crippen LogP contribution >= 0.6 is 24.0 Å². The summed E-state index contributed by atoms with van der Waals surface area (Å²) in [6, 6.07) is 0. The van der Waals surface area contributed by atoms with Gasteiger partial charge in [0, 0.05) is 0 Å². The minimum Gasteiger partial charge on any atom is -0.288 e. The summed E-state index contributed by atoms with van der Waals surface area (Å²) in [5.74, 6) is -0.545. The Bertz CT molecular complexity index is 211. The van der Waals surface area contributed by atoms with Gasteiger partial charge in [0.2, 0.25) is 5.91 Å². The van der Waals surface area contributed by atoms with Gasteiger partial charge < -0.3 is 0 Å². The zero-order valence-corrected chi connectivity index (χ0v) is 7.35. The molecule has 0 atom stereocenters. The van der Waals surface area contributed by atoms with E-state index < -0.39 is 18.6 Å². The second kappa shape index (κ2) is 3.21. The maximum atomic E-state index is 11.8. The van der Waals surface area contributed by atoms with Crippen molar-refractivity contribution in [2.24, 2.45) is 0 Å². The molecule has 68 valence electrons. The Morgan fingerprint density at radius 1 is 1.58 bits per heavy atom. The Balaban J connectivity index is 2.62. The maximum Gasteiger partial charge on any atom is 0.406 e. The van der Waals surface area contributed by atoms with Crippen molar-refractivity contribution >= 4 is 34.2 Å². The molecule has 0 radical (unpaired) electrons. The third-order valence-corrected chi connectivity index (χ3v) is 2.61. The summed E-state index contributed by atoms with van der Waals surface area (Å²) in [6.07, 6.45) is -4.37. The van der Waals surface area contributed by atoms with Gasteiger partial charge in [0.05, 0.1) is 5.75 Å². The molecule has 0 aromatic carbocycles. The molecule has 1 aliphatic heterocycles. The van der Waals surface area contributed by atoms with Gasteiger partial charge in [-0.2, -0.15) is 13.2 Å². The minimum atomic E-state index is -4.37.